The van der Waals surface area contributed by atoms with Crippen molar-refractivity contribution in [2.45, 2.75) is 57.5 Å². The quantitative estimate of drug-likeness (QED) is 0.345. The van der Waals surface area contributed by atoms with E-state index in [1.165, 1.54) is 18.3 Å². The summed E-state index contributed by atoms with van der Waals surface area (Å²) in [5.74, 6) is -0.608. The summed E-state index contributed by atoms with van der Waals surface area (Å²) in [4.78, 5) is 24.7. The summed E-state index contributed by atoms with van der Waals surface area (Å²) in [6.45, 7) is 4.42. The van der Waals surface area contributed by atoms with Crippen molar-refractivity contribution in [2.24, 2.45) is 10.2 Å². The van der Waals surface area contributed by atoms with Crippen LogP contribution < -0.4 is 20.6 Å². The van der Waals surface area contributed by atoms with E-state index in [2.05, 4.69) is 10.2 Å². The van der Waals surface area contributed by atoms with Gasteiger partial charge >= 0.3 is 11.0 Å². The normalized spacial score (nSPS) is 22.7. The predicted octanol–water partition coefficient (Wildman–Crippen LogP) is 3.94. The fraction of sp³-hybridized carbons (Fsp3) is 0.379. The summed E-state index contributed by atoms with van der Waals surface area (Å²) in [5, 5.41) is 32.2. The van der Waals surface area contributed by atoms with Crippen molar-refractivity contribution in [3.8, 4) is 5.88 Å². The van der Waals surface area contributed by atoms with Crippen LogP contribution in [0.3, 0.4) is 0 Å². The number of fused-ring (bicyclic) bond motifs is 1. The van der Waals surface area contributed by atoms with Crippen LogP contribution in [-0.4, -0.2) is 51.3 Å². The van der Waals surface area contributed by atoms with Crippen LogP contribution in [0.1, 0.15) is 54.8 Å². The van der Waals surface area contributed by atoms with Crippen LogP contribution in [0.15, 0.2) is 51.4 Å². The number of alkyl halides is 4. The van der Waals surface area contributed by atoms with Crippen molar-refractivity contribution in [1.29, 1.82) is 0 Å². The number of carbonyl (C=O) groups excluding carboxylic acids is 1. The number of benzene rings is 2. The van der Waals surface area contributed by atoms with Gasteiger partial charge in [-0.3, -0.25) is 13.8 Å². The number of carboxylic acid groups (broad SMARTS) is 1. The minimum atomic E-state index is -4.74. The molecule has 43 heavy (non-hydrogen) atoms. The van der Waals surface area contributed by atoms with E-state index in [0.29, 0.717) is 27.5 Å². The number of halogens is 5. The lowest BCUT2D eigenvalue weighted by Crippen LogP contribution is -2.72. The molecule has 2 aliphatic heterocycles. The highest BCUT2D eigenvalue weighted by molar-refractivity contribution is 7.10. The Morgan fingerprint density at radius 2 is 1.93 bits per heavy atom. The van der Waals surface area contributed by atoms with E-state index in [4.69, 9.17) is 11.6 Å². The highest BCUT2D eigenvalue weighted by Crippen LogP contribution is 2.41. The highest BCUT2D eigenvalue weighted by atomic mass is 35.5. The summed E-state index contributed by atoms with van der Waals surface area (Å²) in [7, 11) is 0. The van der Waals surface area contributed by atoms with Crippen molar-refractivity contribution in [2.75, 3.05) is 13.1 Å². The van der Waals surface area contributed by atoms with E-state index in [-0.39, 0.29) is 40.4 Å². The van der Waals surface area contributed by atoms with Gasteiger partial charge in [-0.05, 0) is 61.4 Å². The Balaban J connectivity index is 1.65. The molecule has 0 saturated carbocycles. The smallest absolute Gasteiger partial charge is 0.416 e. The monoisotopic (exact) mass is 638 g/mol. The number of quaternary nitrogens is 1. The first kappa shape index (κ1) is 30.9. The molecule has 1 N–H and O–H groups in total. The van der Waals surface area contributed by atoms with Crippen LogP contribution in [0.5, 0.6) is 5.88 Å². The maximum absolute atomic E-state index is 15.8. The van der Waals surface area contributed by atoms with Crippen LogP contribution in [0.25, 0.3) is 5.57 Å². The number of aromatic nitrogens is 1. The van der Waals surface area contributed by atoms with Gasteiger partial charge in [-0.2, -0.15) is 23.4 Å². The van der Waals surface area contributed by atoms with Crippen LogP contribution in [0.4, 0.5) is 22.4 Å². The molecule has 1 aromatic heterocycles. The average Bonchev–Trinajstić information content (AvgIpc) is 3.49. The number of hydrogen-bond acceptors (Lipinski definition) is 7. The largest absolute Gasteiger partial charge is 0.498 e. The van der Waals surface area contributed by atoms with E-state index < -0.39 is 57.4 Å². The van der Waals surface area contributed by atoms with Gasteiger partial charge in [-0.1, -0.05) is 35.1 Å². The lowest BCUT2D eigenvalue weighted by molar-refractivity contribution is -0.926. The number of carbonyl (C=O) groups is 1. The summed E-state index contributed by atoms with van der Waals surface area (Å²) in [6.07, 6.45) is -7.01. The zero-order valence-corrected chi connectivity index (χ0v) is 24.9. The topological polar surface area (TPSA) is 107 Å². The van der Waals surface area contributed by atoms with Crippen LogP contribution >= 0.6 is 22.9 Å². The van der Waals surface area contributed by atoms with Crippen LogP contribution in [0.2, 0.25) is 5.02 Å². The van der Waals surface area contributed by atoms with E-state index >= 15 is 4.39 Å². The van der Waals surface area contributed by atoms with Crippen molar-refractivity contribution < 1.29 is 37.1 Å². The van der Waals surface area contributed by atoms with E-state index in [1.807, 2.05) is 0 Å². The fourth-order valence-corrected chi connectivity index (χ4v) is 6.98. The van der Waals surface area contributed by atoms with E-state index in [1.54, 1.807) is 39.0 Å². The first-order valence-corrected chi connectivity index (χ1v) is 14.5. The Morgan fingerprint density at radius 3 is 2.56 bits per heavy atom. The maximum atomic E-state index is 15.8. The standard InChI is InChI=1S/C29H27ClF4N4O4S/c1-28(2,3)38(27(41)42)9-8-23(21(31)14-38)37-25(39)24(43-26(37)40)19(15-5-7-22-17(10-15)13-35-36-22)11-16-4-6-18(30)12-20(16)29(32,33)34/h4-7,10,12-13,21,23H,8-9,11,14H2,1-3H3,(H-,35,36,39,41,42)/t21-,23-,38?/m1/s1. The molecule has 3 aromatic rings. The fourth-order valence-electron chi connectivity index (χ4n) is 5.81. The third-order valence-electron chi connectivity index (χ3n) is 8.25. The summed E-state index contributed by atoms with van der Waals surface area (Å²) < 4.78 is 58.0. The molecule has 1 unspecified atom stereocenters. The second-order valence-electron chi connectivity index (χ2n) is 11.6. The molecule has 2 aliphatic rings. The maximum Gasteiger partial charge on any atom is 0.416 e. The van der Waals surface area contributed by atoms with Crippen molar-refractivity contribution in [3.05, 3.63) is 83.2 Å². The SMILES string of the molecule is CC(C)(C)[N+]1(C(=O)[O-])CC[C@@H](n2c(O)c(C(Cc3ccc(Cl)cc3C(F)(F)F)=c3ccc4c(c3)C=NN=4)sc2=O)[C@H](F)C1. The number of nitrogens with zero attached hydrogens (tertiary/aromatic N) is 4. The molecule has 8 nitrogen and oxygen atoms in total. The minimum absolute atomic E-state index is 0.0332. The molecule has 1 fully saturated rings. The molecule has 0 aliphatic carbocycles. The van der Waals surface area contributed by atoms with Gasteiger partial charge in [-0.15, -0.1) is 0 Å². The molecule has 5 rings (SSSR count). The first-order chi connectivity index (χ1) is 20.0. The molecule has 14 heteroatoms. The third kappa shape index (κ3) is 5.49. The molecular weight excluding hydrogens is 612 g/mol. The Hall–Kier alpha value is -3.55. The number of likely N-dealkylation sites (tertiary alicyclic amines) is 1. The number of amides is 1. The Morgan fingerprint density at radius 1 is 1.21 bits per heavy atom. The van der Waals surface area contributed by atoms with Crippen LogP contribution in [-0.2, 0) is 12.6 Å². The van der Waals surface area contributed by atoms with Crippen LogP contribution in [0, 0.1) is 0 Å². The van der Waals surface area contributed by atoms with Gasteiger partial charge in [-0.25, -0.2) is 4.39 Å². The Kier molecular flexibility index (Phi) is 7.81. The lowest BCUT2D eigenvalue weighted by atomic mass is 9.92. The molecule has 1 saturated heterocycles. The lowest BCUT2D eigenvalue weighted by Gasteiger charge is -2.52. The first-order valence-electron chi connectivity index (χ1n) is 13.3. The van der Waals surface area contributed by atoms with Crippen molar-refractivity contribution in [1.82, 2.24) is 4.57 Å². The zero-order valence-electron chi connectivity index (χ0n) is 23.3. The molecule has 2 aromatic carbocycles. The second-order valence-corrected chi connectivity index (χ2v) is 13.0. The molecule has 0 bridgehead atoms. The highest BCUT2D eigenvalue weighted by Gasteiger charge is 2.51. The van der Waals surface area contributed by atoms with Crippen molar-refractivity contribution in [3.63, 3.8) is 0 Å². The molecule has 228 valence electrons. The Bertz CT molecular complexity index is 1830. The van der Waals surface area contributed by atoms with Crippen molar-refractivity contribution >= 4 is 40.8 Å². The van der Waals surface area contributed by atoms with Gasteiger partial charge in [0.05, 0.1) is 40.1 Å². The third-order valence-corrected chi connectivity index (χ3v) is 9.49. The van der Waals surface area contributed by atoms with Gasteiger partial charge in [0.15, 0.2) is 6.17 Å². The second kappa shape index (κ2) is 10.9. The summed E-state index contributed by atoms with van der Waals surface area (Å²) >= 11 is 6.46. The van der Waals surface area contributed by atoms with E-state index in [0.717, 1.165) is 10.6 Å². The molecule has 3 atom stereocenters. The molecular formula is C29H27ClF4N4O4S. The minimum Gasteiger partial charge on any atom is -0.498 e. The summed E-state index contributed by atoms with van der Waals surface area (Å²) in [6, 6.07) is 7.01. The van der Waals surface area contributed by atoms with Gasteiger partial charge in [0.25, 0.3) is 6.09 Å². The van der Waals surface area contributed by atoms with Gasteiger partial charge in [0, 0.05) is 23.4 Å². The van der Waals surface area contributed by atoms with Gasteiger partial charge in [0.1, 0.15) is 6.54 Å². The molecule has 3 heterocycles. The molecule has 0 radical (unpaired) electrons. The van der Waals surface area contributed by atoms with E-state index in [9.17, 15) is 33.0 Å². The molecule has 1 amide bonds. The number of hydrogen-bond donors (Lipinski definition) is 1. The number of rotatable bonds is 4. The van der Waals surface area contributed by atoms with Gasteiger partial charge < -0.3 is 15.0 Å². The zero-order chi connectivity index (χ0) is 31.5. The Labute approximate surface area is 252 Å². The number of thiazole rings is 1. The number of aromatic hydroxyl groups is 1. The average molecular weight is 639 g/mol. The predicted molar refractivity (Wildman–Crippen MR) is 151 cm³/mol. The summed E-state index contributed by atoms with van der Waals surface area (Å²) in [5.41, 5.74) is -1.26. The molecule has 0 spiro atoms. The van der Waals surface area contributed by atoms with Gasteiger partial charge in [0.2, 0.25) is 5.88 Å². The number of piperidine rings is 1.